The van der Waals surface area contributed by atoms with Crippen LogP contribution in [0.4, 0.5) is 11.6 Å². The fourth-order valence-electron chi connectivity index (χ4n) is 1.58. The predicted molar refractivity (Wildman–Crippen MR) is 76.5 cm³/mol. The fraction of sp³-hybridized carbons (Fsp3) is 0.538. The Labute approximate surface area is 112 Å². The first kappa shape index (κ1) is 13.6. The first-order chi connectivity index (χ1) is 8.74. The molecule has 0 unspecified atom stereocenters. The smallest absolute Gasteiger partial charge is 0.180 e. The number of anilines is 2. The van der Waals surface area contributed by atoms with Crippen LogP contribution in [-0.2, 0) is 0 Å². The van der Waals surface area contributed by atoms with E-state index in [0.717, 1.165) is 11.5 Å². The molecule has 19 heavy (non-hydrogen) atoms. The van der Waals surface area contributed by atoms with Gasteiger partial charge in [0, 0.05) is 19.4 Å². The molecule has 0 amide bonds. The second-order valence-corrected chi connectivity index (χ2v) is 5.69. The van der Waals surface area contributed by atoms with Gasteiger partial charge in [0.05, 0.1) is 17.3 Å². The molecular weight excluding hydrogens is 242 g/mol. The minimum atomic E-state index is -0.895. The van der Waals surface area contributed by atoms with Crippen LogP contribution in [-0.4, -0.2) is 37.7 Å². The Morgan fingerprint density at radius 3 is 2.53 bits per heavy atom. The lowest BCUT2D eigenvalue weighted by atomic mass is 9.86. The highest BCUT2D eigenvalue weighted by molar-refractivity contribution is 5.66. The molecule has 0 aliphatic rings. The van der Waals surface area contributed by atoms with Crippen molar-refractivity contribution in [3.63, 3.8) is 0 Å². The van der Waals surface area contributed by atoms with Crippen molar-refractivity contribution in [2.75, 3.05) is 17.7 Å². The minimum absolute atomic E-state index is 0.543. The van der Waals surface area contributed by atoms with E-state index < -0.39 is 11.1 Å². The summed E-state index contributed by atoms with van der Waals surface area (Å²) in [5.74, 6) is 1.38. The maximum Gasteiger partial charge on any atom is 0.180 e. The van der Waals surface area contributed by atoms with Crippen molar-refractivity contribution in [2.45, 2.75) is 38.8 Å². The summed E-state index contributed by atoms with van der Waals surface area (Å²) in [4.78, 5) is 8.76. The van der Waals surface area contributed by atoms with E-state index in [1.807, 2.05) is 37.7 Å². The van der Waals surface area contributed by atoms with Crippen LogP contribution < -0.4 is 10.6 Å². The van der Waals surface area contributed by atoms with Crippen molar-refractivity contribution >= 4 is 17.3 Å². The highest BCUT2D eigenvalue weighted by Crippen LogP contribution is 2.27. The zero-order valence-corrected chi connectivity index (χ0v) is 12.0. The number of nitrogens with zero attached hydrogens (tertiary/aromatic N) is 3. The van der Waals surface area contributed by atoms with E-state index in [9.17, 15) is 5.11 Å². The molecule has 2 aromatic heterocycles. The summed E-state index contributed by atoms with van der Waals surface area (Å²) >= 11 is 0. The highest BCUT2D eigenvalue weighted by Gasteiger charge is 2.35. The summed E-state index contributed by atoms with van der Waals surface area (Å²) in [6.07, 6.45) is 5.45. The van der Waals surface area contributed by atoms with Crippen molar-refractivity contribution in [2.24, 2.45) is 0 Å². The lowest BCUT2D eigenvalue weighted by Crippen LogP contribution is -2.51. The summed E-state index contributed by atoms with van der Waals surface area (Å²) < 4.78 is 1.89. The number of aromatic nitrogens is 3. The van der Waals surface area contributed by atoms with Crippen LogP contribution in [0, 0.1) is 0 Å². The van der Waals surface area contributed by atoms with Gasteiger partial charge in [0.2, 0.25) is 0 Å². The Balaban J connectivity index is 2.47. The molecule has 2 aromatic rings. The Morgan fingerprint density at radius 2 is 1.95 bits per heavy atom. The molecule has 2 rings (SSSR count). The predicted octanol–water partition coefficient (Wildman–Crippen LogP) is 1.73. The molecule has 0 fully saturated rings. The van der Waals surface area contributed by atoms with Crippen LogP contribution in [0.1, 0.15) is 27.7 Å². The lowest BCUT2D eigenvalue weighted by Gasteiger charge is -2.38. The maximum atomic E-state index is 10.2. The Bertz CT molecular complexity index is 582. The van der Waals surface area contributed by atoms with Crippen LogP contribution in [0.5, 0.6) is 0 Å². The summed E-state index contributed by atoms with van der Waals surface area (Å²) in [7, 11) is 1.82. The first-order valence-electron chi connectivity index (χ1n) is 6.26. The van der Waals surface area contributed by atoms with E-state index >= 15 is 0 Å². The topological polar surface area (TPSA) is 74.5 Å². The van der Waals surface area contributed by atoms with Crippen molar-refractivity contribution in [1.82, 2.24) is 14.4 Å². The van der Waals surface area contributed by atoms with Gasteiger partial charge in [0.15, 0.2) is 11.5 Å². The fourth-order valence-corrected chi connectivity index (χ4v) is 1.58. The molecule has 0 atom stereocenters. The highest BCUT2D eigenvalue weighted by atomic mass is 16.3. The van der Waals surface area contributed by atoms with E-state index in [1.54, 1.807) is 20.0 Å². The molecule has 6 nitrogen and oxygen atoms in total. The van der Waals surface area contributed by atoms with Gasteiger partial charge in [-0.25, -0.2) is 9.97 Å². The van der Waals surface area contributed by atoms with Gasteiger partial charge in [-0.1, -0.05) is 0 Å². The zero-order valence-electron chi connectivity index (χ0n) is 12.0. The molecule has 0 radical (unpaired) electrons. The Morgan fingerprint density at radius 1 is 1.26 bits per heavy atom. The lowest BCUT2D eigenvalue weighted by molar-refractivity contribution is 0.0239. The second kappa shape index (κ2) is 4.38. The van der Waals surface area contributed by atoms with Gasteiger partial charge in [-0.3, -0.25) is 0 Å². The molecule has 0 aliphatic carbocycles. The van der Waals surface area contributed by atoms with Gasteiger partial charge in [-0.2, -0.15) is 0 Å². The molecule has 104 valence electrons. The molecule has 0 aliphatic heterocycles. The molecule has 3 N–H and O–H groups in total. The van der Waals surface area contributed by atoms with Crippen LogP contribution in [0.3, 0.4) is 0 Å². The average Bonchev–Trinajstić information content (AvgIpc) is 2.75. The molecule has 0 spiro atoms. The molecule has 0 saturated heterocycles. The third kappa shape index (κ3) is 2.49. The van der Waals surface area contributed by atoms with Crippen LogP contribution in [0.25, 0.3) is 5.65 Å². The van der Waals surface area contributed by atoms with Gasteiger partial charge < -0.3 is 20.1 Å². The Kier molecular flexibility index (Phi) is 3.14. The number of rotatable bonds is 4. The summed E-state index contributed by atoms with van der Waals surface area (Å²) in [5, 5.41) is 16.5. The molecule has 0 saturated carbocycles. The van der Waals surface area contributed by atoms with Gasteiger partial charge in [-0.05, 0) is 27.7 Å². The number of imidazole rings is 1. The van der Waals surface area contributed by atoms with E-state index in [2.05, 4.69) is 20.6 Å². The number of nitrogens with one attached hydrogen (secondary N) is 2. The van der Waals surface area contributed by atoms with Gasteiger partial charge in [0.1, 0.15) is 5.82 Å². The first-order valence-corrected chi connectivity index (χ1v) is 6.26. The van der Waals surface area contributed by atoms with E-state index in [-0.39, 0.29) is 0 Å². The minimum Gasteiger partial charge on any atom is -0.388 e. The maximum absolute atomic E-state index is 10.2. The van der Waals surface area contributed by atoms with Crippen molar-refractivity contribution < 1.29 is 5.11 Å². The van der Waals surface area contributed by atoms with E-state index in [1.165, 1.54) is 0 Å². The van der Waals surface area contributed by atoms with Gasteiger partial charge >= 0.3 is 0 Å². The molecule has 0 bridgehead atoms. The van der Waals surface area contributed by atoms with Crippen LogP contribution in [0.15, 0.2) is 18.6 Å². The third-order valence-electron chi connectivity index (χ3n) is 3.59. The van der Waals surface area contributed by atoms with Crippen molar-refractivity contribution in [3.8, 4) is 0 Å². The largest absolute Gasteiger partial charge is 0.388 e. The number of hydrogen-bond donors (Lipinski definition) is 3. The summed E-state index contributed by atoms with van der Waals surface area (Å²) in [6, 6.07) is 0. The molecular formula is C13H21N5O. The normalized spacial score (nSPS) is 12.7. The SMILES string of the molecule is CNc1cn2ccnc2c(NC(C)(C)C(C)(C)O)n1. The Hall–Kier alpha value is -1.82. The van der Waals surface area contributed by atoms with Gasteiger partial charge in [0.25, 0.3) is 0 Å². The zero-order chi connectivity index (χ0) is 14.3. The van der Waals surface area contributed by atoms with Crippen LogP contribution in [0.2, 0.25) is 0 Å². The van der Waals surface area contributed by atoms with Gasteiger partial charge in [-0.15, -0.1) is 0 Å². The standard InChI is InChI=1S/C13H21N5O/c1-12(2,13(3,4)19)17-10-11-15-6-7-18(11)8-9(14-5)16-10/h6-8,14,19H,1-5H3,(H,16,17). The second-order valence-electron chi connectivity index (χ2n) is 5.69. The molecule has 6 heteroatoms. The number of hydrogen-bond acceptors (Lipinski definition) is 5. The van der Waals surface area contributed by atoms with E-state index in [0.29, 0.717) is 5.82 Å². The summed E-state index contributed by atoms with van der Waals surface area (Å²) in [5.41, 5.74) is -0.705. The summed E-state index contributed by atoms with van der Waals surface area (Å²) in [6.45, 7) is 7.40. The quantitative estimate of drug-likeness (QED) is 0.783. The average molecular weight is 263 g/mol. The third-order valence-corrected chi connectivity index (χ3v) is 3.59. The van der Waals surface area contributed by atoms with Crippen molar-refractivity contribution in [1.29, 1.82) is 0 Å². The monoisotopic (exact) mass is 263 g/mol. The van der Waals surface area contributed by atoms with Crippen LogP contribution >= 0.6 is 0 Å². The molecule has 2 heterocycles. The molecule has 0 aromatic carbocycles. The number of aliphatic hydroxyl groups is 1. The number of fused-ring (bicyclic) bond motifs is 1. The van der Waals surface area contributed by atoms with E-state index in [4.69, 9.17) is 0 Å². The van der Waals surface area contributed by atoms with Crippen molar-refractivity contribution in [3.05, 3.63) is 18.6 Å².